The van der Waals surface area contributed by atoms with E-state index in [9.17, 15) is 27.5 Å². The highest BCUT2D eigenvalue weighted by atomic mass is 19.4. The van der Waals surface area contributed by atoms with Crippen LogP contribution in [0.4, 0.5) is 29.2 Å². The van der Waals surface area contributed by atoms with Gasteiger partial charge in [0.25, 0.3) is 0 Å². The third-order valence-corrected chi connectivity index (χ3v) is 6.23. The van der Waals surface area contributed by atoms with Crippen molar-refractivity contribution in [3.63, 3.8) is 0 Å². The summed E-state index contributed by atoms with van der Waals surface area (Å²) in [5.74, 6) is -2.51. The minimum absolute atomic E-state index is 0.120. The third kappa shape index (κ3) is 4.42. The zero-order valence-corrected chi connectivity index (χ0v) is 18.1. The highest BCUT2D eigenvalue weighted by molar-refractivity contribution is 5.81. The number of nitrogens with zero attached hydrogens (tertiary/aromatic N) is 2. The average molecular weight is 478 g/mol. The second-order valence-electron chi connectivity index (χ2n) is 8.31. The number of hydrogen-bond acceptors (Lipinski definition) is 5. The van der Waals surface area contributed by atoms with Gasteiger partial charge >= 0.3 is 12.1 Å². The van der Waals surface area contributed by atoms with Gasteiger partial charge in [0.05, 0.1) is 23.6 Å². The van der Waals surface area contributed by atoms with Crippen LogP contribution in [0.15, 0.2) is 48.7 Å². The van der Waals surface area contributed by atoms with Crippen LogP contribution in [-0.2, 0) is 16.4 Å². The van der Waals surface area contributed by atoms with E-state index in [-0.39, 0.29) is 19.3 Å². The lowest BCUT2D eigenvalue weighted by Crippen LogP contribution is -2.48. The van der Waals surface area contributed by atoms with Gasteiger partial charge in [0.2, 0.25) is 0 Å². The van der Waals surface area contributed by atoms with Gasteiger partial charge in [-0.1, -0.05) is 19.1 Å². The molecule has 0 spiro atoms. The van der Waals surface area contributed by atoms with Gasteiger partial charge in [-0.25, -0.2) is 9.37 Å². The van der Waals surface area contributed by atoms with E-state index in [0.29, 0.717) is 23.4 Å². The Balaban J connectivity index is 1.56. The van der Waals surface area contributed by atoms with Crippen molar-refractivity contribution in [1.29, 1.82) is 0 Å². The number of anilines is 2. The highest BCUT2D eigenvalue weighted by Gasteiger charge is 2.50. The number of nitrogens with one attached hydrogen (secondary N) is 2. The zero-order valence-electron chi connectivity index (χ0n) is 18.1. The number of hydrogen-bond donors (Lipinski definition) is 3. The summed E-state index contributed by atoms with van der Waals surface area (Å²) in [5.41, 5.74) is -2.39. The largest absolute Gasteiger partial charge is 0.487 e. The van der Waals surface area contributed by atoms with Crippen LogP contribution in [0.2, 0.25) is 0 Å². The highest BCUT2D eigenvalue weighted by Crippen LogP contribution is 2.45. The number of carboxylic acid groups (broad SMARTS) is 1. The summed E-state index contributed by atoms with van der Waals surface area (Å²) in [7, 11) is 0. The minimum Gasteiger partial charge on any atom is -0.487 e. The predicted molar refractivity (Wildman–Crippen MR) is 114 cm³/mol. The van der Waals surface area contributed by atoms with Crippen molar-refractivity contribution in [3.05, 3.63) is 65.7 Å². The van der Waals surface area contributed by atoms with E-state index in [0.717, 1.165) is 12.1 Å². The van der Waals surface area contributed by atoms with Gasteiger partial charge in [0.1, 0.15) is 17.1 Å². The van der Waals surface area contributed by atoms with Crippen molar-refractivity contribution >= 4 is 17.6 Å². The van der Waals surface area contributed by atoms with Crippen LogP contribution in [0.1, 0.15) is 37.4 Å². The van der Waals surface area contributed by atoms with E-state index < -0.39 is 46.7 Å². The number of H-pyrrole nitrogens is 1. The van der Waals surface area contributed by atoms with Crippen molar-refractivity contribution in [2.45, 2.75) is 43.9 Å². The van der Waals surface area contributed by atoms with Gasteiger partial charge in [-0.3, -0.25) is 9.89 Å². The zero-order chi connectivity index (χ0) is 24.5. The Bertz CT molecular complexity index is 1170. The van der Waals surface area contributed by atoms with Gasteiger partial charge in [-0.2, -0.15) is 18.3 Å². The van der Waals surface area contributed by atoms with Gasteiger partial charge < -0.3 is 15.2 Å². The van der Waals surface area contributed by atoms with Crippen molar-refractivity contribution in [3.8, 4) is 5.75 Å². The maximum absolute atomic E-state index is 14.4. The minimum atomic E-state index is -4.84. The Labute approximate surface area is 192 Å². The molecule has 1 aliphatic rings. The quantitative estimate of drug-likeness (QED) is 0.416. The standard InChI is InChI=1S/C23H22F4N4O3/c1-13-12-14(34-16-5-2-4-15(20(16)24)23(25,26)27)8-10-22(13,21(32)33)17-6-3-7-18(29-17)30-19-9-11-28-31-19/h2-7,9,11,13-14H,8,10,12H2,1H3,(H,32,33)(H2,28,29,30,31)/t13-,14?,22+/m0/s1. The Morgan fingerprint density at radius 3 is 2.65 bits per heavy atom. The first kappa shape index (κ1) is 23.5. The lowest BCUT2D eigenvalue weighted by Gasteiger charge is -2.41. The maximum atomic E-state index is 14.4. The smallest absolute Gasteiger partial charge is 0.419 e. The molecule has 3 N–H and O–H groups in total. The Morgan fingerprint density at radius 2 is 2.00 bits per heavy atom. The van der Waals surface area contributed by atoms with Crippen LogP contribution in [0.25, 0.3) is 0 Å². The molecule has 1 saturated carbocycles. The monoisotopic (exact) mass is 478 g/mol. The normalized spacial score (nSPS) is 22.9. The lowest BCUT2D eigenvalue weighted by atomic mass is 9.64. The molecular formula is C23H22F4N4O3. The fourth-order valence-corrected chi connectivity index (χ4v) is 4.48. The summed E-state index contributed by atoms with van der Waals surface area (Å²) < 4.78 is 59.0. The number of benzene rings is 1. The number of rotatable bonds is 6. The predicted octanol–water partition coefficient (Wildman–Crippen LogP) is 5.30. The van der Waals surface area contributed by atoms with E-state index in [1.54, 1.807) is 37.4 Å². The summed E-state index contributed by atoms with van der Waals surface area (Å²) in [6.07, 6.45) is -3.42. The molecule has 11 heteroatoms. The van der Waals surface area contributed by atoms with Crippen molar-refractivity contribution < 1.29 is 32.2 Å². The number of pyridine rings is 1. The van der Waals surface area contributed by atoms with E-state index in [1.807, 2.05) is 0 Å². The lowest BCUT2D eigenvalue weighted by molar-refractivity contribution is -0.149. The molecule has 7 nitrogen and oxygen atoms in total. The second kappa shape index (κ2) is 8.96. The first-order valence-corrected chi connectivity index (χ1v) is 10.6. The number of aromatic amines is 1. The molecule has 0 radical (unpaired) electrons. The molecule has 0 bridgehead atoms. The molecule has 2 heterocycles. The molecule has 0 aliphatic heterocycles. The van der Waals surface area contributed by atoms with Gasteiger partial charge in [-0.15, -0.1) is 0 Å². The molecule has 34 heavy (non-hydrogen) atoms. The summed E-state index contributed by atoms with van der Waals surface area (Å²) in [6.45, 7) is 1.73. The molecule has 180 valence electrons. The maximum Gasteiger partial charge on any atom is 0.419 e. The van der Waals surface area contributed by atoms with E-state index in [2.05, 4.69) is 20.5 Å². The molecule has 1 fully saturated rings. The number of carbonyl (C=O) groups is 1. The van der Waals surface area contributed by atoms with Crippen LogP contribution in [0.5, 0.6) is 5.75 Å². The SMILES string of the molecule is C[C@H]1CC(Oc2cccc(C(F)(F)F)c2F)CC[C@]1(C(=O)O)c1cccc(Nc2ccn[nH]2)n1. The summed E-state index contributed by atoms with van der Waals surface area (Å²) in [6, 6.07) is 9.58. The number of carboxylic acids is 1. The Kier molecular flexibility index (Phi) is 6.20. The first-order chi connectivity index (χ1) is 16.1. The average Bonchev–Trinajstić information content (AvgIpc) is 3.28. The summed E-state index contributed by atoms with van der Waals surface area (Å²) in [4.78, 5) is 17.0. The van der Waals surface area contributed by atoms with Crippen molar-refractivity contribution in [2.24, 2.45) is 5.92 Å². The topological polar surface area (TPSA) is 100 Å². The fraction of sp³-hybridized carbons (Fsp3) is 0.348. The molecule has 1 unspecified atom stereocenters. The molecule has 3 aromatic rings. The molecule has 4 rings (SSSR count). The van der Waals surface area contributed by atoms with E-state index in [4.69, 9.17) is 4.74 Å². The second-order valence-corrected chi connectivity index (χ2v) is 8.31. The Hall–Kier alpha value is -3.63. The number of aromatic nitrogens is 3. The van der Waals surface area contributed by atoms with Crippen LogP contribution in [-0.4, -0.2) is 32.4 Å². The van der Waals surface area contributed by atoms with Gasteiger partial charge in [0.15, 0.2) is 11.6 Å². The number of alkyl halides is 3. The van der Waals surface area contributed by atoms with Gasteiger partial charge in [-0.05, 0) is 49.4 Å². The molecule has 0 saturated heterocycles. The molecular weight excluding hydrogens is 456 g/mol. The van der Waals surface area contributed by atoms with Crippen molar-refractivity contribution in [1.82, 2.24) is 15.2 Å². The fourth-order valence-electron chi connectivity index (χ4n) is 4.48. The first-order valence-electron chi connectivity index (χ1n) is 10.6. The molecule has 2 aromatic heterocycles. The van der Waals surface area contributed by atoms with Crippen LogP contribution in [0.3, 0.4) is 0 Å². The van der Waals surface area contributed by atoms with Crippen LogP contribution in [0, 0.1) is 11.7 Å². The van der Waals surface area contributed by atoms with Crippen LogP contribution < -0.4 is 10.1 Å². The van der Waals surface area contributed by atoms with Crippen LogP contribution >= 0.6 is 0 Å². The van der Waals surface area contributed by atoms with Gasteiger partial charge in [0, 0.05) is 6.07 Å². The molecule has 3 atom stereocenters. The number of ether oxygens (including phenoxy) is 1. The molecule has 1 aliphatic carbocycles. The number of aliphatic carboxylic acids is 1. The summed E-state index contributed by atoms with van der Waals surface area (Å²) >= 11 is 0. The molecule has 0 amide bonds. The molecule has 1 aromatic carbocycles. The third-order valence-electron chi connectivity index (χ3n) is 6.23. The summed E-state index contributed by atoms with van der Waals surface area (Å²) in [5, 5.41) is 19.8. The van der Waals surface area contributed by atoms with E-state index >= 15 is 0 Å². The van der Waals surface area contributed by atoms with E-state index in [1.165, 1.54) is 0 Å². The Morgan fingerprint density at radius 1 is 1.24 bits per heavy atom. The van der Waals surface area contributed by atoms with Crippen molar-refractivity contribution in [2.75, 3.05) is 5.32 Å². The number of halogens is 4.